The average Bonchev–Trinajstić information content (AvgIpc) is 2.31. The predicted octanol–water partition coefficient (Wildman–Crippen LogP) is 3.67. The Morgan fingerprint density at radius 2 is 1.88 bits per heavy atom. The highest BCUT2D eigenvalue weighted by Crippen LogP contribution is 2.33. The van der Waals surface area contributed by atoms with E-state index >= 15 is 0 Å². The third-order valence-corrected chi connectivity index (χ3v) is 2.88. The van der Waals surface area contributed by atoms with Gasteiger partial charge in [-0.1, -0.05) is 6.07 Å². The molecular weight excluding hydrogens is 329 g/mol. The summed E-state index contributed by atoms with van der Waals surface area (Å²) in [5.74, 6) is 2.06. The lowest BCUT2D eigenvalue weighted by molar-refractivity contribution is 0.379. The summed E-state index contributed by atoms with van der Waals surface area (Å²) < 4.78 is 12.1. The molecule has 0 aliphatic heterocycles. The van der Waals surface area contributed by atoms with Crippen LogP contribution < -0.4 is 15.2 Å². The Morgan fingerprint density at radius 3 is 2.59 bits per heavy atom. The van der Waals surface area contributed by atoms with Gasteiger partial charge in [0, 0.05) is 15.3 Å². The van der Waals surface area contributed by atoms with Gasteiger partial charge in [0.25, 0.3) is 0 Å². The molecule has 88 valence electrons. The van der Waals surface area contributed by atoms with Crippen molar-refractivity contribution in [3.05, 3.63) is 46.0 Å². The molecule has 0 spiro atoms. The monoisotopic (exact) mass is 341 g/mol. The lowest BCUT2D eigenvalue weighted by atomic mass is 10.3. The molecule has 0 aliphatic carbocycles. The molecule has 0 bridgehead atoms. The van der Waals surface area contributed by atoms with Crippen LogP contribution in [-0.2, 0) is 0 Å². The lowest BCUT2D eigenvalue weighted by Crippen LogP contribution is -1.92. The van der Waals surface area contributed by atoms with E-state index < -0.39 is 0 Å². The first-order valence-electron chi connectivity index (χ1n) is 5.06. The molecule has 4 heteroatoms. The van der Waals surface area contributed by atoms with Crippen molar-refractivity contribution >= 4 is 28.3 Å². The Hall–Kier alpha value is -1.43. The number of hydrogen-bond acceptors (Lipinski definition) is 3. The number of nitrogens with two attached hydrogens (primary N) is 1. The van der Waals surface area contributed by atoms with Crippen LogP contribution in [0.4, 0.5) is 5.69 Å². The summed E-state index contributed by atoms with van der Waals surface area (Å²) in [6.45, 7) is 0. The highest BCUT2D eigenvalue weighted by Gasteiger charge is 2.06. The molecule has 0 amide bonds. The summed E-state index contributed by atoms with van der Waals surface area (Å²) in [6, 6.07) is 13.1. The van der Waals surface area contributed by atoms with E-state index in [-0.39, 0.29) is 0 Å². The number of nitrogen functional groups attached to an aromatic ring is 1. The maximum absolute atomic E-state index is 5.75. The second-order valence-corrected chi connectivity index (χ2v) is 4.72. The van der Waals surface area contributed by atoms with Crippen molar-refractivity contribution in [3.63, 3.8) is 0 Å². The summed E-state index contributed by atoms with van der Waals surface area (Å²) in [5.41, 5.74) is 6.33. The zero-order valence-electron chi connectivity index (χ0n) is 9.31. The van der Waals surface area contributed by atoms with E-state index in [0.717, 1.165) is 9.32 Å². The predicted molar refractivity (Wildman–Crippen MR) is 76.6 cm³/mol. The molecule has 0 atom stereocenters. The minimum absolute atomic E-state index is 0.629. The summed E-state index contributed by atoms with van der Waals surface area (Å²) >= 11 is 2.24. The normalized spacial score (nSPS) is 10.0. The van der Waals surface area contributed by atoms with Gasteiger partial charge in [0.1, 0.15) is 5.75 Å². The molecule has 0 saturated carbocycles. The number of ether oxygens (including phenoxy) is 2. The maximum atomic E-state index is 5.75. The molecule has 3 nitrogen and oxygen atoms in total. The van der Waals surface area contributed by atoms with Crippen molar-refractivity contribution in [3.8, 4) is 17.2 Å². The first-order chi connectivity index (χ1) is 8.19. The Morgan fingerprint density at radius 1 is 1.06 bits per heavy atom. The smallest absolute Gasteiger partial charge is 0.169 e. The first kappa shape index (κ1) is 12.0. The van der Waals surface area contributed by atoms with Gasteiger partial charge in [0.2, 0.25) is 0 Å². The quantitative estimate of drug-likeness (QED) is 0.684. The van der Waals surface area contributed by atoms with E-state index in [1.54, 1.807) is 25.3 Å². The first-order valence-corrected chi connectivity index (χ1v) is 6.14. The Bertz CT molecular complexity index is 529. The van der Waals surface area contributed by atoms with Crippen LogP contribution in [0.3, 0.4) is 0 Å². The van der Waals surface area contributed by atoms with Gasteiger partial charge < -0.3 is 15.2 Å². The fraction of sp³-hybridized carbons (Fsp3) is 0.0769. The molecule has 2 aromatic carbocycles. The highest BCUT2D eigenvalue weighted by molar-refractivity contribution is 14.1. The summed E-state index contributed by atoms with van der Waals surface area (Å²) in [7, 11) is 1.59. The van der Waals surface area contributed by atoms with Crippen molar-refractivity contribution in [2.75, 3.05) is 12.8 Å². The maximum Gasteiger partial charge on any atom is 0.169 e. The molecule has 0 fully saturated rings. The number of halogens is 1. The number of anilines is 1. The van der Waals surface area contributed by atoms with Crippen molar-refractivity contribution in [2.45, 2.75) is 0 Å². The van der Waals surface area contributed by atoms with Crippen molar-refractivity contribution < 1.29 is 9.47 Å². The number of benzene rings is 2. The van der Waals surface area contributed by atoms with E-state index in [9.17, 15) is 0 Å². The molecule has 0 radical (unpaired) electrons. The molecule has 2 rings (SSSR count). The van der Waals surface area contributed by atoms with E-state index in [4.69, 9.17) is 15.2 Å². The van der Waals surface area contributed by atoms with Crippen LogP contribution in [0.1, 0.15) is 0 Å². The van der Waals surface area contributed by atoms with E-state index in [0.29, 0.717) is 17.2 Å². The molecule has 0 unspecified atom stereocenters. The number of hydrogen-bond donors (Lipinski definition) is 1. The zero-order chi connectivity index (χ0) is 12.3. The van der Waals surface area contributed by atoms with Crippen LogP contribution in [-0.4, -0.2) is 7.11 Å². The fourth-order valence-corrected chi connectivity index (χ4v) is 1.94. The van der Waals surface area contributed by atoms with Gasteiger partial charge in [-0.25, -0.2) is 0 Å². The van der Waals surface area contributed by atoms with Gasteiger partial charge in [0.15, 0.2) is 11.5 Å². The van der Waals surface area contributed by atoms with Gasteiger partial charge in [0.05, 0.1) is 7.11 Å². The minimum atomic E-state index is 0.629. The molecule has 17 heavy (non-hydrogen) atoms. The van der Waals surface area contributed by atoms with E-state index in [2.05, 4.69) is 22.6 Å². The van der Waals surface area contributed by atoms with Gasteiger partial charge in [-0.2, -0.15) is 0 Å². The van der Waals surface area contributed by atoms with Crippen LogP contribution in [0, 0.1) is 3.57 Å². The third kappa shape index (κ3) is 3.03. The zero-order valence-corrected chi connectivity index (χ0v) is 11.5. The van der Waals surface area contributed by atoms with Crippen molar-refractivity contribution in [1.82, 2.24) is 0 Å². The van der Waals surface area contributed by atoms with Gasteiger partial charge >= 0.3 is 0 Å². The van der Waals surface area contributed by atoms with Crippen LogP contribution in [0.2, 0.25) is 0 Å². The lowest BCUT2D eigenvalue weighted by Gasteiger charge is -2.10. The van der Waals surface area contributed by atoms with Crippen LogP contribution in [0.15, 0.2) is 42.5 Å². The van der Waals surface area contributed by atoms with Gasteiger partial charge in [-0.05, 0) is 52.9 Å². The topological polar surface area (TPSA) is 44.5 Å². The van der Waals surface area contributed by atoms with Crippen LogP contribution in [0.25, 0.3) is 0 Å². The standard InChI is InChI=1S/C13H12INO2/c1-16-13-8-10(15)5-6-12(13)17-11-4-2-3-9(14)7-11/h2-8H,15H2,1H3. The molecule has 0 aliphatic rings. The average molecular weight is 341 g/mol. The third-order valence-electron chi connectivity index (χ3n) is 2.21. The van der Waals surface area contributed by atoms with E-state index in [1.165, 1.54) is 0 Å². The Kier molecular flexibility index (Phi) is 3.73. The largest absolute Gasteiger partial charge is 0.493 e. The summed E-state index contributed by atoms with van der Waals surface area (Å²) in [5, 5.41) is 0. The van der Waals surface area contributed by atoms with Gasteiger partial charge in [-0.3, -0.25) is 0 Å². The number of rotatable bonds is 3. The summed E-state index contributed by atoms with van der Waals surface area (Å²) in [4.78, 5) is 0. The van der Waals surface area contributed by atoms with Crippen molar-refractivity contribution in [2.24, 2.45) is 0 Å². The van der Waals surface area contributed by atoms with Gasteiger partial charge in [-0.15, -0.1) is 0 Å². The van der Waals surface area contributed by atoms with Crippen LogP contribution in [0.5, 0.6) is 17.2 Å². The second-order valence-electron chi connectivity index (χ2n) is 3.47. The molecular formula is C13H12INO2. The Balaban J connectivity index is 2.29. The van der Waals surface area contributed by atoms with Crippen molar-refractivity contribution in [1.29, 1.82) is 0 Å². The molecule has 0 aromatic heterocycles. The Labute approximate surface area is 114 Å². The second kappa shape index (κ2) is 5.27. The fourth-order valence-electron chi connectivity index (χ4n) is 1.43. The number of methoxy groups -OCH3 is 1. The molecule has 2 aromatic rings. The van der Waals surface area contributed by atoms with E-state index in [1.807, 2.05) is 24.3 Å². The molecule has 2 N–H and O–H groups in total. The SMILES string of the molecule is COc1cc(N)ccc1Oc1cccc(I)c1. The molecule has 0 saturated heterocycles. The molecule has 0 heterocycles. The highest BCUT2D eigenvalue weighted by atomic mass is 127. The summed E-state index contributed by atoms with van der Waals surface area (Å²) in [6.07, 6.45) is 0. The minimum Gasteiger partial charge on any atom is -0.493 e. The van der Waals surface area contributed by atoms with Crippen LogP contribution >= 0.6 is 22.6 Å².